The first-order chi connectivity index (χ1) is 10.6. The van der Waals surface area contributed by atoms with E-state index in [1.807, 2.05) is 27.7 Å². The first kappa shape index (κ1) is 18.8. The molecule has 3 N–H and O–H groups in total. The van der Waals surface area contributed by atoms with Crippen LogP contribution < -0.4 is 5.32 Å². The Bertz CT molecular complexity index is 513. The third-order valence-corrected chi connectivity index (χ3v) is 3.18. The van der Waals surface area contributed by atoms with Crippen molar-refractivity contribution in [1.82, 2.24) is 15.1 Å². The summed E-state index contributed by atoms with van der Waals surface area (Å²) in [5, 5.41) is 21.2. The van der Waals surface area contributed by atoms with E-state index in [2.05, 4.69) is 5.32 Å². The molecule has 0 aromatic rings. The lowest BCUT2D eigenvalue weighted by Crippen LogP contribution is -2.52. The molecule has 0 aliphatic carbocycles. The highest BCUT2D eigenvalue weighted by Crippen LogP contribution is 2.21. The fourth-order valence-corrected chi connectivity index (χ4v) is 2.30. The summed E-state index contributed by atoms with van der Waals surface area (Å²) >= 11 is 0. The number of carboxylic acid groups (broad SMARTS) is 1. The van der Waals surface area contributed by atoms with Crippen LogP contribution in [0, 0.1) is 11.8 Å². The molecule has 0 fully saturated rings. The van der Waals surface area contributed by atoms with Gasteiger partial charge in [-0.05, 0) is 11.8 Å². The summed E-state index contributed by atoms with van der Waals surface area (Å²) in [6, 6.07) is -0.348. The van der Waals surface area contributed by atoms with Gasteiger partial charge in [0, 0.05) is 13.1 Å². The minimum atomic E-state index is -1.18. The maximum Gasteiger partial charge on any atom is 0.327 e. The fraction of sp³-hybridized carbons (Fsp3) is 0.667. The Morgan fingerprint density at radius 3 is 2.22 bits per heavy atom. The van der Waals surface area contributed by atoms with Crippen molar-refractivity contribution in [3.05, 3.63) is 11.5 Å². The molecule has 0 saturated carbocycles. The maximum atomic E-state index is 12.5. The van der Waals surface area contributed by atoms with Gasteiger partial charge in [0.25, 0.3) is 5.91 Å². The number of nitrogens with one attached hydrogen (secondary N) is 1. The molecule has 23 heavy (non-hydrogen) atoms. The molecule has 0 aromatic heterocycles. The monoisotopic (exact) mass is 327 g/mol. The second-order valence-corrected chi connectivity index (χ2v) is 6.44. The second kappa shape index (κ2) is 7.85. The predicted molar refractivity (Wildman–Crippen MR) is 83.7 cm³/mol. The van der Waals surface area contributed by atoms with Gasteiger partial charge in [-0.25, -0.2) is 4.79 Å². The topological polar surface area (TPSA) is 110 Å². The van der Waals surface area contributed by atoms with E-state index in [0.717, 1.165) is 0 Å². The molecular weight excluding hydrogens is 302 g/mol. The highest BCUT2D eigenvalue weighted by Gasteiger charge is 2.35. The molecule has 0 unspecified atom stereocenters. The Balaban J connectivity index is 3.07. The lowest BCUT2D eigenvalue weighted by molar-refractivity contribution is -0.137. The van der Waals surface area contributed by atoms with Crippen LogP contribution >= 0.6 is 0 Å². The van der Waals surface area contributed by atoms with E-state index < -0.39 is 24.3 Å². The van der Waals surface area contributed by atoms with Crippen LogP contribution in [0.5, 0.6) is 0 Å². The van der Waals surface area contributed by atoms with Crippen molar-refractivity contribution < 1.29 is 24.6 Å². The zero-order valence-corrected chi connectivity index (χ0v) is 14.0. The molecule has 1 aliphatic heterocycles. The van der Waals surface area contributed by atoms with Crippen LogP contribution in [-0.4, -0.2) is 64.1 Å². The van der Waals surface area contributed by atoms with Gasteiger partial charge in [0.2, 0.25) is 5.88 Å². The summed E-state index contributed by atoms with van der Waals surface area (Å²) in [6.45, 7) is 7.81. The van der Waals surface area contributed by atoms with Crippen molar-refractivity contribution in [2.45, 2.75) is 27.7 Å². The average Bonchev–Trinajstić information content (AvgIpc) is 2.43. The molecule has 8 heteroatoms. The molecule has 0 saturated heterocycles. The van der Waals surface area contributed by atoms with Crippen molar-refractivity contribution in [3.8, 4) is 0 Å². The zero-order chi connectivity index (χ0) is 17.7. The van der Waals surface area contributed by atoms with E-state index in [4.69, 9.17) is 5.11 Å². The van der Waals surface area contributed by atoms with Gasteiger partial charge >= 0.3 is 12.0 Å². The number of carbonyl (C=O) groups excluding carboxylic acids is 2. The van der Waals surface area contributed by atoms with Gasteiger partial charge in [0.15, 0.2) is 0 Å². The number of aliphatic carboxylic acids is 1. The van der Waals surface area contributed by atoms with Crippen molar-refractivity contribution in [1.29, 1.82) is 0 Å². The highest BCUT2D eigenvalue weighted by atomic mass is 16.4. The van der Waals surface area contributed by atoms with E-state index >= 15 is 0 Å². The third kappa shape index (κ3) is 5.15. The molecule has 0 bridgehead atoms. The summed E-state index contributed by atoms with van der Waals surface area (Å²) in [5.74, 6) is -1.96. The van der Waals surface area contributed by atoms with Gasteiger partial charge in [-0.1, -0.05) is 27.7 Å². The largest absolute Gasteiger partial charge is 0.494 e. The Labute approximate surface area is 135 Å². The van der Waals surface area contributed by atoms with Crippen LogP contribution in [0.25, 0.3) is 0 Å². The van der Waals surface area contributed by atoms with Crippen LogP contribution in [0.3, 0.4) is 0 Å². The Morgan fingerprint density at radius 2 is 1.74 bits per heavy atom. The number of carboxylic acids is 1. The summed E-state index contributed by atoms with van der Waals surface area (Å²) in [6.07, 6.45) is 0. The first-order valence-corrected chi connectivity index (χ1v) is 7.62. The normalized spacial score (nSPS) is 15.7. The molecular formula is C15H25N3O5. The molecule has 0 aromatic carbocycles. The van der Waals surface area contributed by atoms with E-state index in [-0.39, 0.29) is 36.5 Å². The predicted octanol–water partition coefficient (Wildman–Crippen LogP) is 1.01. The van der Waals surface area contributed by atoms with Crippen molar-refractivity contribution >= 4 is 17.9 Å². The van der Waals surface area contributed by atoms with Crippen LogP contribution in [0.4, 0.5) is 4.79 Å². The van der Waals surface area contributed by atoms with Crippen molar-refractivity contribution in [3.63, 3.8) is 0 Å². The van der Waals surface area contributed by atoms with Gasteiger partial charge in [-0.2, -0.15) is 0 Å². The quantitative estimate of drug-likeness (QED) is 0.646. The second-order valence-electron chi connectivity index (χ2n) is 6.44. The lowest BCUT2D eigenvalue weighted by Gasteiger charge is -2.37. The molecule has 0 spiro atoms. The number of nitrogens with zero attached hydrogens (tertiary/aromatic N) is 2. The average molecular weight is 327 g/mol. The molecule has 0 radical (unpaired) electrons. The van der Waals surface area contributed by atoms with Crippen molar-refractivity contribution in [2.75, 3.05) is 26.2 Å². The number of aliphatic hydroxyl groups is 1. The smallest absolute Gasteiger partial charge is 0.327 e. The Kier molecular flexibility index (Phi) is 6.41. The first-order valence-electron chi connectivity index (χ1n) is 7.62. The number of carbonyl (C=O) groups is 3. The number of amides is 3. The minimum Gasteiger partial charge on any atom is -0.494 e. The lowest BCUT2D eigenvalue weighted by atomic mass is 10.1. The fourth-order valence-electron chi connectivity index (χ4n) is 2.30. The molecule has 1 heterocycles. The maximum absolute atomic E-state index is 12.5. The Morgan fingerprint density at radius 1 is 1.17 bits per heavy atom. The number of aliphatic hydroxyl groups excluding tert-OH is 1. The van der Waals surface area contributed by atoms with E-state index in [9.17, 15) is 19.5 Å². The molecule has 130 valence electrons. The van der Waals surface area contributed by atoms with Gasteiger partial charge < -0.3 is 20.4 Å². The number of rotatable bonds is 7. The summed E-state index contributed by atoms with van der Waals surface area (Å²) in [4.78, 5) is 37.8. The minimum absolute atomic E-state index is 0.00662. The molecule has 1 aliphatic rings. The molecule has 8 nitrogen and oxygen atoms in total. The number of urea groups is 1. The third-order valence-electron chi connectivity index (χ3n) is 3.18. The Hall–Kier alpha value is -2.25. The van der Waals surface area contributed by atoms with Gasteiger partial charge in [-0.3, -0.25) is 14.5 Å². The molecule has 1 rings (SSSR count). The van der Waals surface area contributed by atoms with E-state index in [1.165, 1.54) is 9.80 Å². The van der Waals surface area contributed by atoms with E-state index in [0.29, 0.717) is 6.54 Å². The van der Waals surface area contributed by atoms with Crippen LogP contribution in [0.15, 0.2) is 11.5 Å². The highest BCUT2D eigenvalue weighted by molar-refractivity contribution is 5.98. The van der Waals surface area contributed by atoms with Gasteiger partial charge in [0.1, 0.15) is 6.54 Å². The molecule has 0 atom stereocenters. The van der Waals surface area contributed by atoms with Gasteiger partial charge in [-0.15, -0.1) is 0 Å². The summed E-state index contributed by atoms with van der Waals surface area (Å²) < 4.78 is 0. The number of hydrogen-bond donors (Lipinski definition) is 3. The van der Waals surface area contributed by atoms with Crippen LogP contribution in [-0.2, 0) is 9.59 Å². The number of hydrogen-bond acceptors (Lipinski definition) is 4. The standard InChI is InChI=1S/C15H25N3O5/c1-9(2)6-17-8-11(13(21)16-5-12(19)20)14(22)18(15(17)23)7-10(3)4/h9-10,22H,5-8H2,1-4H3,(H,16,21)(H,19,20). The summed E-state index contributed by atoms with van der Waals surface area (Å²) in [5.41, 5.74) is 0.00662. The van der Waals surface area contributed by atoms with Crippen LogP contribution in [0.1, 0.15) is 27.7 Å². The van der Waals surface area contributed by atoms with E-state index in [1.54, 1.807) is 0 Å². The summed E-state index contributed by atoms with van der Waals surface area (Å²) in [7, 11) is 0. The molecule has 3 amide bonds. The van der Waals surface area contributed by atoms with Gasteiger partial charge in [0.05, 0.1) is 12.1 Å². The zero-order valence-electron chi connectivity index (χ0n) is 14.0. The van der Waals surface area contributed by atoms with Crippen molar-refractivity contribution in [2.24, 2.45) is 11.8 Å². The SMILES string of the molecule is CC(C)CN1CC(C(=O)NCC(=O)O)=C(O)N(CC(C)C)C1=O. The van der Waals surface area contributed by atoms with Crippen LogP contribution in [0.2, 0.25) is 0 Å².